The zero-order chi connectivity index (χ0) is 14.7. The second-order valence-electron chi connectivity index (χ2n) is 3.86. The Morgan fingerprint density at radius 1 is 1.35 bits per heavy atom. The Morgan fingerprint density at radius 3 is 2.80 bits per heavy atom. The largest absolute Gasteiger partial charge is 0.463 e. The molecule has 0 saturated carbocycles. The second-order valence-corrected chi connectivity index (χ2v) is 4.71. The van der Waals surface area contributed by atoms with Gasteiger partial charge in [0.2, 0.25) is 5.76 Å². The first-order valence-corrected chi connectivity index (χ1v) is 6.36. The lowest BCUT2D eigenvalue weighted by Gasteiger charge is -2.07. The van der Waals surface area contributed by atoms with E-state index in [9.17, 15) is 13.6 Å². The van der Waals surface area contributed by atoms with Crippen molar-refractivity contribution in [2.45, 2.75) is 6.54 Å². The van der Waals surface area contributed by atoms with E-state index in [0.29, 0.717) is 5.76 Å². The smallest absolute Gasteiger partial charge is 0.373 e. The second kappa shape index (κ2) is 6.04. The van der Waals surface area contributed by atoms with E-state index in [2.05, 4.69) is 26.0 Å². The number of rotatable bonds is 4. The van der Waals surface area contributed by atoms with Crippen LogP contribution in [0.15, 0.2) is 33.2 Å². The quantitative estimate of drug-likeness (QED) is 0.677. The number of esters is 1. The molecule has 0 aliphatic carbocycles. The van der Waals surface area contributed by atoms with E-state index < -0.39 is 17.6 Å². The summed E-state index contributed by atoms with van der Waals surface area (Å²) in [7, 11) is 1.24. The maximum atomic E-state index is 13.5. The summed E-state index contributed by atoms with van der Waals surface area (Å²) in [6, 6.07) is 5.08. The summed E-state index contributed by atoms with van der Waals surface area (Å²) in [5.74, 6) is -1.51. The summed E-state index contributed by atoms with van der Waals surface area (Å²) in [6.45, 7) is 0.145. The van der Waals surface area contributed by atoms with Crippen LogP contribution in [0, 0.1) is 11.6 Å². The standard InChI is InChI=1S/C13H10BrF2NO3/c1-19-13(18)12-3-2-7(20-12)6-17-11-4-8(14)9(15)5-10(11)16/h2-5,17H,6H2,1H3. The third-order valence-electron chi connectivity index (χ3n) is 2.51. The summed E-state index contributed by atoms with van der Waals surface area (Å²) >= 11 is 2.97. The van der Waals surface area contributed by atoms with E-state index >= 15 is 0 Å². The molecule has 1 aromatic heterocycles. The number of methoxy groups -OCH3 is 1. The summed E-state index contributed by atoms with van der Waals surface area (Å²) in [5, 5.41) is 2.75. The monoisotopic (exact) mass is 345 g/mol. The molecular formula is C13H10BrF2NO3. The molecule has 20 heavy (non-hydrogen) atoms. The van der Waals surface area contributed by atoms with Crippen molar-refractivity contribution in [2.24, 2.45) is 0 Å². The molecule has 0 bridgehead atoms. The Kier molecular flexibility index (Phi) is 4.39. The van der Waals surface area contributed by atoms with Gasteiger partial charge in [-0.25, -0.2) is 13.6 Å². The summed E-state index contributed by atoms with van der Waals surface area (Å²) in [6.07, 6.45) is 0. The van der Waals surface area contributed by atoms with Crippen LogP contribution in [-0.4, -0.2) is 13.1 Å². The summed E-state index contributed by atoms with van der Waals surface area (Å²) in [5.41, 5.74) is 0.120. The van der Waals surface area contributed by atoms with Crippen LogP contribution in [-0.2, 0) is 11.3 Å². The molecule has 0 radical (unpaired) electrons. The minimum atomic E-state index is -0.717. The number of anilines is 1. The van der Waals surface area contributed by atoms with Gasteiger partial charge in [0.05, 0.1) is 23.8 Å². The first-order valence-electron chi connectivity index (χ1n) is 5.56. The van der Waals surface area contributed by atoms with Gasteiger partial charge in [0.25, 0.3) is 0 Å². The van der Waals surface area contributed by atoms with E-state index in [1.165, 1.54) is 19.2 Å². The lowest BCUT2D eigenvalue weighted by molar-refractivity contribution is 0.0563. The van der Waals surface area contributed by atoms with Gasteiger partial charge in [0.1, 0.15) is 17.4 Å². The van der Waals surface area contributed by atoms with Gasteiger partial charge in [-0.05, 0) is 34.1 Å². The van der Waals surface area contributed by atoms with Crippen LogP contribution in [0.25, 0.3) is 0 Å². The van der Waals surface area contributed by atoms with Crippen molar-refractivity contribution in [1.29, 1.82) is 0 Å². The Balaban J connectivity index is 2.07. The minimum Gasteiger partial charge on any atom is -0.463 e. The number of furan rings is 1. The zero-order valence-corrected chi connectivity index (χ0v) is 12.0. The first kappa shape index (κ1) is 14.5. The van der Waals surface area contributed by atoms with Crippen LogP contribution in [0.1, 0.15) is 16.3 Å². The molecule has 0 atom stereocenters. The Bertz CT molecular complexity index is 643. The molecule has 2 rings (SSSR count). The molecule has 4 nitrogen and oxygen atoms in total. The van der Waals surface area contributed by atoms with Gasteiger partial charge in [-0.15, -0.1) is 0 Å². The third-order valence-corrected chi connectivity index (χ3v) is 3.12. The molecule has 0 spiro atoms. The fourth-order valence-electron chi connectivity index (χ4n) is 1.52. The van der Waals surface area contributed by atoms with Crippen molar-refractivity contribution < 1.29 is 22.7 Å². The van der Waals surface area contributed by atoms with E-state index in [1.807, 2.05) is 0 Å². The number of ether oxygens (including phenoxy) is 1. The highest BCUT2D eigenvalue weighted by atomic mass is 79.9. The highest BCUT2D eigenvalue weighted by Gasteiger charge is 2.12. The van der Waals surface area contributed by atoms with Crippen LogP contribution < -0.4 is 5.32 Å². The predicted molar refractivity (Wildman–Crippen MR) is 71.4 cm³/mol. The molecule has 0 amide bonds. The number of nitrogens with one attached hydrogen (secondary N) is 1. The van der Waals surface area contributed by atoms with Crippen molar-refractivity contribution in [1.82, 2.24) is 0 Å². The van der Waals surface area contributed by atoms with E-state index in [1.54, 1.807) is 6.07 Å². The Labute approximate surface area is 121 Å². The van der Waals surface area contributed by atoms with Crippen LogP contribution >= 0.6 is 15.9 Å². The van der Waals surface area contributed by atoms with Crippen molar-refractivity contribution in [3.05, 3.63) is 51.9 Å². The molecular weight excluding hydrogens is 336 g/mol. The van der Waals surface area contributed by atoms with Gasteiger partial charge in [-0.2, -0.15) is 0 Å². The SMILES string of the molecule is COC(=O)c1ccc(CNc2cc(Br)c(F)cc2F)o1. The highest BCUT2D eigenvalue weighted by molar-refractivity contribution is 9.10. The van der Waals surface area contributed by atoms with E-state index in [4.69, 9.17) is 4.42 Å². The van der Waals surface area contributed by atoms with Crippen molar-refractivity contribution in [2.75, 3.05) is 12.4 Å². The molecule has 0 saturated heterocycles. The zero-order valence-electron chi connectivity index (χ0n) is 10.4. The molecule has 0 aliphatic heterocycles. The third kappa shape index (κ3) is 3.16. The van der Waals surface area contributed by atoms with Gasteiger partial charge < -0.3 is 14.5 Å². The molecule has 106 valence electrons. The predicted octanol–water partition coefficient (Wildman–Crippen LogP) is 3.72. The molecule has 1 aromatic carbocycles. The van der Waals surface area contributed by atoms with Gasteiger partial charge in [-0.3, -0.25) is 0 Å². The lowest BCUT2D eigenvalue weighted by Crippen LogP contribution is -2.02. The molecule has 2 aromatic rings. The van der Waals surface area contributed by atoms with Gasteiger partial charge in [0.15, 0.2) is 0 Å². The van der Waals surface area contributed by atoms with Crippen LogP contribution in [0.5, 0.6) is 0 Å². The lowest BCUT2D eigenvalue weighted by atomic mass is 10.3. The number of hydrogen-bond donors (Lipinski definition) is 1. The average Bonchev–Trinajstić information content (AvgIpc) is 2.89. The molecule has 0 unspecified atom stereocenters. The number of carbonyl (C=O) groups is 1. The van der Waals surface area contributed by atoms with E-state index in [-0.39, 0.29) is 22.5 Å². The molecule has 0 aliphatic rings. The van der Waals surface area contributed by atoms with Crippen LogP contribution in [0.2, 0.25) is 0 Å². The van der Waals surface area contributed by atoms with Crippen LogP contribution in [0.4, 0.5) is 14.5 Å². The summed E-state index contributed by atoms with van der Waals surface area (Å²) < 4.78 is 36.4. The van der Waals surface area contributed by atoms with Crippen molar-refractivity contribution in [3.8, 4) is 0 Å². The average molecular weight is 346 g/mol. The maximum absolute atomic E-state index is 13.5. The molecule has 1 N–H and O–H groups in total. The Morgan fingerprint density at radius 2 is 2.10 bits per heavy atom. The minimum absolute atomic E-state index is 0.0602. The number of carbonyl (C=O) groups excluding carboxylic acids is 1. The van der Waals surface area contributed by atoms with E-state index in [0.717, 1.165) is 6.07 Å². The topological polar surface area (TPSA) is 51.5 Å². The van der Waals surface area contributed by atoms with Gasteiger partial charge in [-0.1, -0.05) is 0 Å². The van der Waals surface area contributed by atoms with Gasteiger partial charge in [0, 0.05) is 6.07 Å². The molecule has 0 fully saturated rings. The normalized spacial score (nSPS) is 10.4. The fourth-order valence-corrected chi connectivity index (χ4v) is 1.87. The summed E-state index contributed by atoms with van der Waals surface area (Å²) in [4.78, 5) is 11.2. The first-order chi connectivity index (χ1) is 9.51. The molecule has 7 heteroatoms. The van der Waals surface area contributed by atoms with Gasteiger partial charge >= 0.3 is 5.97 Å². The van der Waals surface area contributed by atoms with Crippen molar-refractivity contribution in [3.63, 3.8) is 0 Å². The maximum Gasteiger partial charge on any atom is 0.373 e. The van der Waals surface area contributed by atoms with Crippen molar-refractivity contribution >= 4 is 27.6 Å². The number of benzene rings is 1. The molecule has 1 heterocycles. The number of hydrogen-bond acceptors (Lipinski definition) is 4. The fraction of sp³-hybridized carbons (Fsp3) is 0.154. The highest BCUT2D eigenvalue weighted by Crippen LogP contribution is 2.24. The number of halogens is 3. The van der Waals surface area contributed by atoms with Crippen LogP contribution in [0.3, 0.4) is 0 Å². The Hall–Kier alpha value is -1.89.